The van der Waals surface area contributed by atoms with E-state index in [9.17, 15) is 4.39 Å². The van der Waals surface area contributed by atoms with Gasteiger partial charge in [0.15, 0.2) is 5.11 Å². The highest BCUT2D eigenvalue weighted by Crippen LogP contribution is 2.38. The molecule has 0 fully saturated rings. The van der Waals surface area contributed by atoms with E-state index in [1.165, 1.54) is 12.1 Å². The molecule has 4 aromatic rings. The molecule has 0 saturated heterocycles. The fourth-order valence-electron chi connectivity index (χ4n) is 3.90. The van der Waals surface area contributed by atoms with Crippen LogP contribution in [0.1, 0.15) is 35.7 Å². The van der Waals surface area contributed by atoms with Crippen LogP contribution in [0.4, 0.5) is 4.39 Å². The first-order valence-corrected chi connectivity index (χ1v) is 10.9. The molecule has 5 rings (SSSR count). The second kappa shape index (κ2) is 8.63. The predicted octanol–water partition coefficient (Wildman–Crippen LogP) is 5.64. The number of furan rings is 1. The van der Waals surface area contributed by atoms with Gasteiger partial charge in [0.2, 0.25) is 5.82 Å². The van der Waals surface area contributed by atoms with Gasteiger partial charge in [-0.3, -0.25) is 0 Å². The van der Waals surface area contributed by atoms with Crippen LogP contribution >= 0.6 is 12.2 Å². The molecular weight excluding hydrogens is 439 g/mol. The number of nitrogens with one attached hydrogen (secondary N) is 1. The van der Waals surface area contributed by atoms with E-state index in [1.54, 1.807) is 12.3 Å². The largest absolute Gasteiger partial charge is 0.467 e. The number of benzene rings is 2. The molecule has 2 aromatic heterocycles. The molecule has 166 valence electrons. The third-order valence-corrected chi connectivity index (χ3v) is 5.98. The molecule has 1 N–H and O–H groups in total. The summed E-state index contributed by atoms with van der Waals surface area (Å²) in [5.41, 5.74) is 4.25. The molecule has 0 amide bonds. The molecule has 1 aliphatic rings. The van der Waals surface area contributed by atoms with Gasteiger partial charge in [-0.2, -0.15) is 4.98 Å². The minimum absolute atomic E-state index is 0.332. The lowest BCUT2D eigenvalue weighted by molar-refractivity contribution is 0.382. The van der Waals surface area contributed by atoms with E-state index < -0.39 is 6.04 Å². The number of halogens is 1. The lowest BCUT2D eigenvalue weighted by Crippen LogP contribution is -2.45. The number of thiocarbonyl (C=S) groups is 1. The molecule has 0 spiro atoms. The molecule has 3 heterocycles. The van der Waals surface area contributed by atoms with Crippen molar-refractivity contribution in [2.75, 3.05) is 0 Å². The van der Waals surface area contributed by atoms with Gasteiger partial charge >= 0.3 is 0 Å². The van der Waals surface area contributed by atoms with Gasteiger partial charge in [-0.1, -0.05) is 47.1 Å². The molecule has 1 atom stereocenters. The zero-order chi connectivity index (χ0) is 22.9. The number of aryl methyl sites for hydroxylation is 1. The van der Waals surface area contributed by atoms with Crippen LogP contribution in [0.25, 0.3) is 17.0 Å². The van der Waals surface area contributed by atoms with Crippen LogP contribution in [0, 0.1) is 12.7 Å². The average molecular weight is 461 g/mol. The fraction of sp³-hybridized carbons (Fsp3) is 0.160. The molecule has 0 saturated carbocycles. The van der Waals surface area contributed by atoms with Crippen molar-refractivity contribution in [1.29, 1.82) is 0 Å². The maximum atomic E-state index is 14.1. The summed E-state index contributed by atoms with van der Waals surface area (Å²) in [5, 5.41) is 8.02. The SMILES string of the molecule is CC1=C(c2nc(-c3ccc(C)cc3)no2)C(c2cccc(F)c2)NC(=S)N1Cc1ccco1. The van der Waals surface area contributed by atoms with Gasteiger partial charge in [-0.05, 0) is 55.9 Å². The summed E-state index contributed by atoms with van der Waals surface area (Å²) in [6.45, 7) is 4.39. The van der Waals surface area contributed by atoms with Gasteiger partial charge < -0.3 is 19.2 Å². The fourth-order valence-corrected chi connectivity index (χ4v) is 4.22. The molecular formula is C25H21FN4O2S. The van der Waals surface area contributed by atoms with Crippen LogP contribution in [-0.2, 0) is 6.54 Å². The maximum absolute atomic E-state index is 14.1. The Balaban J connectivity index is 1.60. The van der Waals surface area contributed by atoms with E-state index in [4.69, 9.17) is 21.2 Å². The molecule has 0 aliphatic carbocycles. The van der Waals surface area contributed by atoms with Crippen molar-refractivity contribution in [3.05, 3.63) is 101 Å². The monoisotopic (exact) mass is 460 g/mol. The number of aromatic nitrogens is 2. The molecule has 8 heteroatoms. The van der Waals surface area contributed by atoms with Crippen molar-refractivity contribution in [3.63, 3.8) is 0 Å². The highest BCUT2D eigenvalue weighted by atomic mass is 32.1. The van der Waals surface area contributed by atoms with Crippen molar-refractivity contribution >= 4 is 22.9 Å². The minimum Gasteiger partial charge on any atom is -0.467 e. The van der Waals surface area contributed by atoms with E-state index in [0.29, 0.717) is 28.9 Å². The Morgan fingerprint density at radius 3 is 2.64 bits per heavy atom. The quantitative estimate of drug-likeness (QED) is 0.387. The van der Waals surface area contributed by atoms with Crippen LogP contribution in [0.15, 0.2) is 81.6 Å². The third kappa shape index (κ3) is 4.17. The number of rotatable bonds is 5. The maximum Gasteiger partial charge on any atom is 0.258 e. The van der Waals surface area contributed by atoms with E-state index >= 15 is 0 Å². The summed E-state index contributed by atoms with van der Waals surface area (Å²) in [5.74, 6) is 1.25. The summed E-state index contributed by atoms with van der Waals surface area (Å²) < 4.78 is 25.3. The van der Waals surface area contributed by atoms with Crippen LogP contribution in [-0.4, -0.2) is 20.2 Å². The smallest absolute Gasteiger partial charge is 0.258 e. The van der Waals surface area contributed by atoms with Gasteiger partial charge in [0.1, 0.15) is 11.6 Å². The average Bonchev–Trinajstić information content (AvgIpc) is 3.49. The van der Waals surface area contributed by atoms with E-state index in [2.05, 4.69) is 15.5 Å². The number of hydrogen-bond acceptors (Lipinski definition) is 5. The first-order valence-electron chi connectivity index (χ1n) is 10.5. The molecule has 33 heavy (non-hydrogen) atoms. The summed E-state index contributed by atoms with van der Waals surface area (Å²) in [6.07, 6.45) is 1.62. The standard InChI is InChI=1S/C25H21FN4O2S/c1-15-8-10-17(11-9-15)23-28-24(32-29-23)21-16(2)30(14-20-7-4-12-31-20)25(33)27-22(21)18-5-3-6-19(26)13-18/h3-13,22H,14H2,1-2H3,(H,27,33). The zero-order valence-electron chi connectivity index (χ0n) is 18.1. The first-order chi connectivity index (χ1) is 16.0. The Bertz CT molecular complexity index is 1330. The van der Waals surface area contributed by atoms with Crippen LogP contribution in [0.5, 0.6) is 0 Å². The van der Waals surface area contributed by atoms with E-state index in [0.717, 1.165) is 28.2 Å². The number of nitrogens with zero attached hydrogens (tertiary/aromatic N) is 3. The van der Waals surface area contributed by atoms with E-state index in [1.807, 2.05) is 61.2 Å². The second-order valence-corrected chi connectivity index (χ2v) is 8.28. The third-order valence-electron chi connectivity index (χ3n) is 5.64. The van der Waals surface area contributed by atoms with Crippen LogP contribution < -0.4 is 5.32 Å². The van der Waals surface area contributed by atoms with E-state index in [-0.39, 0.29) is 5.82 Å². The number of allylic oxidation sites excluding steroid dienone is 1. The van der Waals surface area contributed by atoms with Crippen molar-refractivity contribution in [3.8, 4) is 11.4 Å². The van der Waals surface area contributed by atoms with Gasteiger partial charge in [-0.15, -0.1) is 0 Å². The lowest BCUT2D eigenvalue weighted by Gasteiger charge is -2.37. The summed E-state index contributed by atoms with van der Waals surface area (Å²) in [7, 11) is 0. The summed E-state index contributed by atoms with van der Waals surface area (Å²) >= 11 is 5.66. The Labute approximate surface area is 195 Å². The minimum atomic E-state index is -0.452. The topological polar surface area (TPSA) is 67.3 Å². The number of hydrogen-bond donors (Lipinski definition) is 1. The van der Waals surface area contributed by atoms with Crippen molar-refractivity contribution in [1.82, 2.24) is 20.4 Å². The Morgan fingerprint density at radius 2 is 1.91 bits per heavy atom. The van der Waals surface area contributed by atoms with Crippen molar-refractivity contribution in [2.45, 2.75) is 26.4 Å². The molecule has 0 bridgehead atoms. The zero-order valence-corrected chi connectivity index (χ0v) is 18.9. The highest BCUT2D eigenvalue weighted by Gasteiger charge is 2.34. The highest BCUT2D eigenvalue weighted by molar-refractivity contribution is 7.80. The molecule has 6 nitrogen and oxygen atoms in total. The van der Waals surface area contributed by atoms with Gasteiger partial charge in [0, 0.05) is 11.3 Å². The summed E-state index contributed by atoms with van der Waals surface area (Å²) in [6, 6.07) is 17.6. The predicted molar refractivity (Wildman–Crippen MR) is 126 cm³/mol. The van der Waals surface area contributed by atoms with Gasteiger partial charge in [-0.25, -0.2) is 4.39 Å². The first kappa shape index (κ1) is 21.1. The lowest BCUT2D eigenvalue weighted by atomic mass is 9.94. The normalized spacial score (nSPS) is 16.3. The van der Waals surface area contributed by atoms with Crippen molar-refractivity contribution < 1.29 is 13.3 Å². The van der Waals surface area contributed by atoms with Gasteiger partial charge in [0.05, 0.1) is 24.4 Å². The molecule has 0 radical (unpaired) electrons. The van der Waals surface area contributed by atoms with Crippen LogP contribution in [0.2, 0.25) is 0 Å². The Kier molecular flexibility index (Phi) is 5.51. The molecule has 1 aliphatic heterocycles. The Morgan fingerprint density at radius 1 is 1.09 bits per heavy atom. The van der Waals surface area contributed by atoms with Gasteiger partial charge in [0.25, 0.3) is 5.89 Å². The second-order valence-electron chi connectivity index (χ2n) is 7.89. The van der Waals surface area contributed by atoms with Crippen molar-refractivity contribution in [2.24, 2.45) is 0 Å². The van der Waals surface area contributed by atoms with Crippen LogP contribution in [0.3, 0.4) is 0 Å². The summed E-state index contributed by atoms with van der Waals surface area (Å²) in [4.78, 5) is 6.59. The Hall–Kier alpha value is -3.78. The molecule has 1 unspecified atom stereocenters. The molecule has 2 aromatic carbocycles.